The molecule has 24 heavy (non-hydrogen) atoms. The highest BCUT2D eigenvalue weighted by atomic mass is 16.5. The van der Waals surface area contributed by atoms with E-state index in [2.05, 4.69) is 0 Å². The summed E-state index contributed by atoms with van der Waals surface area (Å²) < 4.78 is 10.8. The Bertz CT molecular complexity index is 701. The highest BCUT2D eigenvalue weighted by Crippen LogP contribution is 2.56. The standard InChI is InChI=1S/C19H23NO4/c1-3-24-18(22)19-8-4-5-13-15-11-12(23-2)6-7-14(15)17(21)20(10-9-19)16(13)19/h6-7,11,13,16H,3-5,8-10H2,1-2H3/t13-,16-,19+/m1/s1. The van der Waals surface area contributed by atoms with Crippen LogP contribution in [0.2, 0.25) is 0 Å². The Balaban J connectivity index is 1.83. The van der Waals surface area contributed by atoms with Gasteiger partial charge in [-0.2, -0.15) is 0 Å². The summed E-state index contributed by atoms with van der Waals surface area (Å²) in [6.07, 6.45) is 3.51. The molecular formula is C19H23NO4. The molecule has 5 heteroatoms. The summed E-state index contributed by atoms with van der Waals surface area (Å²) in [5.74, 6) is 0.872. The number of carbonyl (C=O) groups is 2. The van der Waals surface area contributed by atoms with Crippen LogP contribution in [0.3, 0.4) is 0 Å². The third kappa shape index (κ3) is 1.93. The zero-order valence-electron chi connectivity index (χ0n) is 14.2. The molecule has 0 aromatic heterocycles. The number of benzene rings is 1. The molecule has 0 unspecified atom stereocenters. The minimum absolute atomic E-state index is 0.0435. The Kier molecular flexibility index (Phi) is 3.55. The fraction of sp³-hybridized carbons (Fsp3) is 0.579. The van der Waals surface area contributed by atoms with Crippen LogP contribution in [0.1, 0.15) is 54.4 Å². The number of methoxy groups -OCH3 is 1. The van der Waals surface area contributed by atoms with Crippen molar-refractivity contribution in [3.05, 3.63) is 29.3 Å². The molecular weight excluding hydrogens is 306 g/mol. The molecule has 3 aliphatic rings. The summed E-state index contributed by atoms with van der Waals surface area (Å²) in [6.45, 7) is 2.87. The van der Waals surface area contributed by atoms with Crippen molar-refractivity contribution < 1.29 is 19.1 Å². The van der Waals surface area contributed by atoms with Crippen molar-refractivity contribution >= 4 is 11.9 Å². The van der Waals surface area contributed by atoms with Gasteiger partial charge in [-0.3, -0.25) is 9.59 Å². The first-order chi connectivity index (χ1) is 11.6. The van der Waals surface area contributed by atoms with Crippen LogP contribution < -0.4 is 4.74 Å². The second kappa shape index (κ2) is 5.50. The van der Waals surface area contributed by atoms with Gasteiger partial charge in [0.25, 0.3) is 5.91 Å². The number of nitrogens with zero attached hydrogens (tertiary/aromatic N) is 1. The van der Waals surface area contributed by atoms with Gasteiger partial charge in [0.05, 0.1) is 25.2 Å². The van der Waals surface area contributed by atoms with Gasteiger partial charge in [-0.05, 0) is 49.9 Å². The van der Waals surface area contributed by atoms with Crippen molar-refractivity contribution in [1.82, 2.24) is 4.90 Å². The van der Waals surface area contributed by atoms with Gasteiger partial charge in [-0.15, -0.1) is 0 Å². The van der Waals surface area contributed by atoms with Gasteiger partial charge in [0, 0.05) is 18.0 Å². The topological polar surface area (TPSA) is 55.8 Å². The Morgan fingerprint density at radius 2 is 2.21 bits per heavy atom. The first-order valence-corrected chi connectivity index (χ1v) is 8.78. The lowest BCUT2D eigenvalue weighted by Crippen LogP contribution is -2.55. The average molecular weight is 329 g/mol. The summed E-state index contributed by atoms with van der Waals surface area (Å²) in [7, 11) is 1.64. The molecule has 4 rings (SSSR count). The van der Waals surface area contributed by atoms with E-state index in [-0.39, 0.29) is 23.8 Å². The van der Waals surface area contributed by atoms with Crippen LogP contribution in [0.15, 0.2) is 18.2 Å². The molecule has 2 heterocycles. The van der Waals surface area contributed by atoms with E-state index in [4.69, 9.17) is 9.47 Å². The summed E-state index contributed by atoms with van der Waals surface area (Å²) in [5, 5.41) is 0. The van der Waals surface area contributed by atoms with Crippen molar-refractivity contribution in [2.75, 3.05) is 20.3 Å². The van der Waals surface area contributed by atoms with E-state index in [1.807, 2.05) is 30.0 Å². The number of fused-ring (bicyclic) bond motifs is 2. The predicted molar refractivity (Wildman–Crippen MR) is 88.1 cm³/mol. The molecule has 3 atom stereocenters. The van der Waals surface area contributed by atoms with E-state index in [1.165, 1.54) is 0 Å². The Labute approximate surface area is 141 Å². The van der Waals surface area contributed by atoms with Crippen LogP contribution in [-0.2, 0) is 9.53 Å². The predicted octanol–water partition coefficient (Wildman–Crippen LogP) is 2.74. The minimum atomic E-state index is -0.532. The Morgan fingerprint density at radius 3 is 2.96 bits per heavy atom. The van der Waals surface area contributed by atoms with Gasteiger partial charge in [-0.1, -0.05) is 6.42 Å². The fourth-order valence-corrected chi connectivity index (χ4v) is 5.05. The summed E-state index contributed by atoms with van der Waals surface area (Å²) in [6, 6.07) is 5.62. The number of rotatable bonds is 3. The summed E-state index contributed by atoms with van der Waals surface area (Å²) in [5.41, 5.74) is 1.27. The molecule has 5 nitrogen and oxygen atoms in total. The monoisotopic (exact) mass is 329 g/mol. The summed E-state index contributed by atoms with van der Waals surface area (Å²) >= 11 is 0. The fourth-order valence-electron chi connectivity index (χ4n) is 5.05. The SMILES string of the molecule is CCOC(=O)[C@@]12CCC[C@@H]3c4cc(OC)ccc4C(=O)N(CC1)[C@H]32. The number of amides is 1. The van der Waals surface area contributed by atoms with Crippen LogP contribution in [0.5, 0.6) is 5.75 Å². The molecule has 1 saturated carbocycles. The van der Waals surface area contributed by atoms with Crippen molar-refractivity contribution in [2.45, 2.75) is 44.6 Å². The van der Waals surface area contributed by atoms with Gasteiger partial charge < -0.3 is 14.4 Å². The van der Waals surface area contributed by atoms with Crippen molar-refractivity contribution in [2.24, 2.45) is 5.41 Å². The van der Waals surface area contributed by atoms with Gasteiger partial charge >= 0.3 is 5.97 Å². The van der Waals surface area contributed by atoms with Crippen molar-refractivity contribution in [3.63, 3.8) is 0 Å². The minimum Gasteiger partial charge on any atom is -0.497 e. The number of ether oxygens (including phenoxy) is 2. The lowest BCUT2D eigenvalue weighted by molar-refractivity contribution is -0.159. The zero-order chi connectivity index (χ0) is 16.9. The highest BCUT2D eigenvalue weighted by molar-refractivity contribution is 5.99. The molecule has 2 aliphatic heterocycles. The third-order valence-electron chi connectivity index (χ3n) is 6.05. The van der Waals surface area contributed by atoms with E-state index in [0.29, 0.717) is 19.6 Å². The molecule has 2 fully saturated rings. The largest absolute Gasteiger partial charge is 0.497 e. The van der Waals surface area contributed by atoms with E-state index in [0.717, 1.165) is 36.1 Å². The van der Waals surface area contributed by atoms with Gasteiger partial charge in [0.15, 0.2) is 0 Å². The lowest BCUT2D eigenvalue weighted by Gasteiger charge is -2.48. The second-order valence-electron chi connectivity index (χ2n) is 7.02. The van der Waals surface area contributed by atoms with E-state index in [1.54, 1.807) is 7.11 Å². The molecule has 1 aromatic rings. The summed E-state index contributed by atoms with van der Waals surface area (Å²) in [4.78, 5) is 27.7. The van der Waals surface area contributed by atoms with Gasteiger partial charge in [0.2, 0.25) is 0 Å². The van der Waals surface area contributed by atoms with Crippen molar-refractivity contribution in [1.29, 1.82) is 0 Å². The van der Waals surface area contributed by atoms with E-state index >= 15 is 0 Å². The van der Waals surface area contributed by atoms with E-state index in [9.17, 15) is 9.59 Å². The van der Waals surface area contributed by atoms with Gasteiger partial charge in [-0.25, -0.2) is 0 Å². The second-order valence-corrected chi connectivity index (χ2v) is 7.02. The smallest absolute Gasteiger partial charge is 0.314 e. The molecule has 1 saturated heterocycles. The van der Waals surface area contributed by atoms with Gasteiger partial charge in [0.1, 0.15) is 5.75 Å². The normalized spacial score (nSPS) is 30.6. The molecule has 128 valence electrons. The van der Waals surface area contributed by atoms with Crippen LogP contribution in [0.25, 0.3) is 0 Å². The van der Waals surface area contributed by atoms with Crippen LogP contribution in [0, 0.1) is 5.41 Å². The molecule has 0 bridgehead atoms. The number of hydrogen-bond acceptors (Lipinski definition) is 4. The van der Waals surface area contributed by atoms with E-state index < -0.39 is 5.41 Å². The molecule has 1 amide bonds. The maximum atomic E-state index is 13.0. The third-order valence-corrected chi connectivity index (χ3v) is 6.05. The molecule has 0 N–H and O–H groups in total. The lowest BCUT2D eigenvalue weighted by atomic mass is 9.62. The molecule has 0 spiro atoms. The molecule has 1 aromatic carbocycles. The first kappa shape index (κ1) is 15.5. The maximum absolute atomic E-state index is 13.0. The Hall–Kier alpha value is -2.04. The molecule has 1 aliphatic carbocycles. The Morgan fingerprint density at radius 1 is 1.38 bits per heavy atom. The van der Waals surface area contributed by atoms with Crippen LogP contribution in [0.4, 0.5) is 0 Å². The van der Waals surface area contributed by atoms with Crippen molar-refractivity contribution in [3.8, 4) is 5.75 Å². The highest BCUT2D eigenvalue weighted by Gasteiger charge is 2.61. The first-order valence-electron chi connectivity index (χ1n) is 8.78. The number of carbonyl (C=O) groups excluding carboxylic acids is 2. The van der Waals surface area contributed by atoms with Crippen LogP contribution in [-0.4, -0.2) is 43.1 Å². The quantitative estimate of drug-likeness (QED) is 0.800. The number of esters is 1. The van der Waals surface area contributed by atoms with Crippen LogP contribution >= 0.6 is 0 Å². The molecule has 0 radical (unpaired) electrons. The number of hydrogen-bond donors (Lipinski definition) is 0. The zero-order valence-corrected chi connectivity index (χ0v) is 14.2. The average Bonchev–Trinajstić information content (AvgIpc) is 3.01. The maximum Gasteiger partial charge on any atom is 0.314 e.